The zero-order valence-electron chi connectivity index (χ0n) is 12.3. The molecular weight excluding hydrogens is 282 g/mol. The fourth-order valence-electron chi connectivity index (χ4n) is 3.84. The predicted molar refractivity (Wildman–Crippen MR) is 97.3 cm³/mol. The summed E-state index contributed by atoms with van der Waals surface area (Å²) < 4.78 is 0. The Balaban J connectivity index is 2.22. The molecular formula is C21H13NO. The Morgan fingerprint density at radius 2 is 1.22 bits per heavy atom. The van der Waals surface area contributed by atoms with Crippen LogP contribution in [0.15, 0.2) is 66.7 Å². The van der Waals surface area contributed by atoms with Gasteiger partial charge in [-0.15, -0.1) is 0 Å². The number of nitrogens with one attached hydrogen (secondary N) is 1. The van der Waals surface area contributed by atoms with E-state index in [2.05, 4.69) is 66.0 Å². The second-order valence-corrected chi connectivity index (χ2v) is 5.86. The molecule has 2 nitrogen and oxygen atoms in total. The molecule has 0 saturated carbocycles. The Morgan fingerprint density at radius 1 is 0.609 bits per heavy atom. The summed E-state index contributed by atoms with van der Waals surface area (Å²) in [7, 11) is 0. The maximum atomic E-state index is 11.1. The van der Waals surface area contributed by atoms with Gasteiger partial charge in [-0.2, -0.15) is 0 Å². The molecule has 0 radical (unpaired) electrons. The van der Waals surface area contributed by atoms with E-state index in [1.165, 1.54) is 37.7 Å². The van der Waals surface area contributed by atoms with Crippen LogP contribution >= 0.6 is 0 Å². The standard InChI is InChI=1S/C21H13NO/c23-12-22-18-11-10-14-6-2-8-16-15-7-1-4-13-5-3-9-17(19(13)15)21(18)20(14)16/h1-12H,(H,22,23). The lowest BCUT2D eigenvalue weighted by molar-refractivity contribution is -0.105. The van der Waals surface area contributed by atoms with Gasteiger partial charge in [0, 0.05) is 11.1 Å². The predicted octanol–water partition coefficient (Wildman–Crippen LogP) is 5.31. The van der Waals surface area contributed by atoms with Crippen molar-refractivity contribution in [2.75, 3.05) is 5.32 Å². The quantitative estimate of drug-likeness (QED) is 0.267. The molecule has 0 aliphatic heterocycles. The van der Waals surface area contributed by atoms with Crippen LogP contribution in [0.4, 0.5) is 5.69 Å². The first-order chi connectivity index (χ1) is 11.4. The van der Waals surface area contributed by atoms with Gasteiger partial charge in [0.15, 0.2) is 0 Å². The summed E-state index contributed by atoms with van der Waals surface area (Å²) in [6.45, 7) is 0. The summed E-state index contributed by atoms with van der Waals surface area (Å²) >= 11 is 0. The Labute approximate surface area is 132 Å². The molecule has 0 spiro atoms. The molecule has 1 N–H and O–H groups in total. The Hall–Kier alpha value is -3.13. The third-order valence-electron chi connectivity index (χ3n) is 4.72. The summed E-state index contributed by atoms with van der Waals surface area (Å²) in [5, 5.41) is 12.6. The van der Waals surface area contributed by atoms with Crippen molar-refractivity contribution in [2.45, 2.75) is 0 Å². The maximum absolute atomic E-state index is 11.1. The average molecular weight is 295 g/mol. The van der Waals surface area contributed by atoms with Crippen LogP contribution in [0.25, 0.3) is 43.1 Å². The minimum atomic E-state index is 0.751. The molecule has 0 aliphatic carbocycles. The highest BCUT2D eigenvalue weighted by Gasteiger charge is 2.14. The Morgan fingerprint density at radius 3 is 1.91 bits per heavy atom. The molecule has 0 bridgehead atoms. The van der Waals surface area contributed by atoms with Gasteiger partial charge in [-0.3, -0.25) is 4.79 Å². The van der Waals surface area contributed by atoms with Gasteiger partial charge in [0.25, 0.3) is 0 Å². The normalized spacial score (nSPS) is 11.7. The van der Waals surface area contributed by atoms with E-state index in [0.717, 1.165) is 17.5 Å². The number of hydrogen-bond donors (Lipinski definition) is 1. The molecule has 0 saturated heterocycles. The number of carbonyl (C=O) groups excluding carboxylic acids is 1. The van der Waals surface area contributed by atoms with Crippen molar-refractivity contribution in [3.8, 4) is 0 Å². The smallest absolute Gasteiger partial charge is 0.211 e. The summed E-state index contributed by atoms with van der Waals surface area (Å²) in [5.74, 6) is 0. The minimum absolute atomic E-state index is 0.751. The van der Waals surface area contributed by atoms with E-state index >= 15 is 0 Å². The van der Waals surface area contributed by atoms with E-state index in [-0.39, 0.29) is 0 Å². The van der Waals surface area contributed by atoms with E-state index in [9.17, 15) is 4.79 Å². The molecule has 5 aromatic carbocycles. The zero-order chi connectivity index (χ0) is 15.4. The van der Waals surface area contributed by atoms with Crippen molar-refractivity contribution < 1.29 is 4.79 Å². The van der Waals surface area contributed by atoms with E-state index in [1.807, 2.05) is 6.07 Å². The molecule has 0 unspecified atom stereocenters. The molecule has 0 atom stereocenters. The van der Waals surface area contributed by atoms with Gasteiger partial charge in [-0.05, 0) is 43.8 Å². The van der Waals surface area contributed by atoms with Gasteiger partial charge >= 0.3 is 0 Å². The molecule has 1 amide bonds. The second-order valence-electron chi connectivity index (χ2n) is 5.86. The molecule has 0 heterocycles. The van der Waals surface area contributed by atoms with Crippen LogP contribution in [0.1, 0.15) is 0 Å². The van der Waals surface area contributed by atoms with Crippen LogP contribution in [0.3, 0.4) is 0 Å². The lowest BCUT2D eigenvalue weighted by Gasteiger charge is -2.16. The van der Waals surface area contributed by atoms with Crippen LogP contribution in [-0.2, 0) is 4.79 Å². The largest absolute Gasteiger partial charge is 0.328 e. The van der Waals surface area contributed by atoms with Gasteiger partial charge < -0.3 is 5.32 Å². The lowest BCUT2D eigenvalue weighted by Crippen LogP contribution is -1.96. The van der Waals surface area contributed by atoms with Crippen molar-refractivity contribution in [1.29, 1.82) is 0 Å². The molecule has 0 aromatic heterocycles. The van der Waals surface area contributed by atoms with Crippen LogP contribution in [0.2, 0.25) is 0 Å². The monoisotopic (exact) mass is 295 g/mol. The second kappa shape index (κ2) is 4.43. The fourth-order valence-corrected chi connectivity index (χ4v) is 3.84. The van der Waals surface area contributed by atoms with Crippen molar-refractivity contribution in [2.24, 2.45) is 0 Å². The van der Waals surface area contributed by atoms with Crippen molar-refractivity contribution >= 4 is 55.2 Å². The first kappa shape index (κ1) is 12.4. The Bertz CT molecular complexity index is 1200. The number of hydrogen-bond acceptors (Lipinski definition) is 1. The maximum Gasteiger partial charge on any atom is 0.211 e. The zero-order valence-corrected chi connectivity index (χ0v) is 12.3. The van der Waals surface area contributed by atoms with Crippen LogP contribution < -0.4 is 5.32 Å². The van der Waals surface area contributed by atoms with Gasteiger partial charge in [0.2, 0.25) is 6.41 Å². The highest BCUT2D eigenvalue weighted by atomic mass is 16.1. The number of anilines is 1. The molecule has 5 rings (SSSR count). The van der Waals surface area contributed by atoms with Gasteiger partial charge in [-0.1, -0.05) is 60.7 Å². The van der Waals surface area contributed by atoms with E-state index in [1.54, 1.807) is 0 Å². The third-order valence-corrected chi connectivity index (χ3v) is 4.72. The van der Waals surface area contributed by atoms with Gasteiger partial charge in [0.1, 0.15) is 0 Å². The lowest BCUT2D eigenvalue weighted by atomic mass is 9.89. The number of fused-ring (bicyclic) bond motifs is 2. The van der Waals surface area contributed by atoms with Gasteiger partial charge in [-0.25, -0.2) is 0 Å². The number of rotatable bonds is 2. The van der Waals surface area contributed by atoms with Crippen molar-refractivity contribution in [3.05, 3.63) is 66.7 Å². The molecule has 0 fully saturated rings. The van der Waals surface area contributed by atoms with E-state index in [4.69, 9.17) is 0 Å². The fraction of sp³-hybridized carbons (Fsp3) is 0. The molecule has 108 valence electrons. The molecule has 2 heteroatoms. The van der Waals surface area contributed by atoms with Crippen molar-refractivity contribution in [3.63, 3.8) is 0 Å². The minimum Gasteiger partial charge on any atom is -0.328 e. The van der Waals surface area contributed by atoms with E-state index < -0.39 is 0 Å². The topological polar surface area (TPSA) is 29.1 Å². The molecule has 5 aromatic rings. The first-order valence-electron chi connectivity index (χ1n) is 7.67. The van der Waals surface area contributed by atoms with Crippen LogP contribution in [0.5, 0.6) is 0 Å². The SMILES string of the molecule is O=CNc1ccc2cccc3c4cccc5cccc(c1c23)c54. The molecule has 0 aliphatic rings. The average Bonchev–Trinajstić information content (AvgIpc) is 2.60. The molecule has 23 heavy (non-hydrogen) atoms. The summed E-state index contributed by atoms with van der Waals surface area (Å²) in [4.78, 5) is 11.1. The summed E-state index contributed by atoms with van der Waals surface area (Å²) in [6, 6.07) is 23.3. The summed E-state index contributed by atoms with van der Waals surface area (Å²) in [6.07, 6.45) is 0.751. The van der Waals surface area contributed by atoms with Gasteiger partial charge in [0.05, 0.1) is 0 Å². The highest BCUT2D eigenvalue weighted by Crippen LogP contribution is 2.42. The number of amides is 1. The Kier molecular flexibility index (Phi) is 2.39. The third kappa shape index (κ3) is 1.55. The van der Waals surface area contributed by atoms with Crippen LogP contribution in [0, 0.1) is 0 Å². The highest BCUT2D eigenvalue weighted by molar-refractivity contribution is 6.35. The first-order valence-corrected chi connectivity index (χ1v) is 7.67. The number of carbonyl (C=O) groups is 1. The van der Waals surface area contributed by atoms with Crippen molar-refractivity contribution in [1.82, 2.24) is 0 Å². The van der Waals surface area contributed by atoms with E-state index in [0.29, 0.717) is 0 Å². The number of benzene rings is 5. The van der Waals surface area contributed by atoms with Crippen LogP contribution in [-0.4, -0.2) is 6.41 Å². The summed E-state index contributed by atoms with van der Waals surface area (Å²) in [5.41, 5.74) is 0.863.